The Morgan fingerprint density at radius 1 is 1.13 bits per heavy atom. The largest absolute Gasteiger partial charge is 0.365 e. The van der Waals surface area contributed by atoms with E-state index in [0.717, 1.165) is 25.2 Å². The number of pyridine rings is 2. The number of nitrogens with one attached hydrogen (secondary N) is 3. The van der Waals surface area contributed by atoms with Gasteiger partial charge in [-0.25, -0.2) is 14.8 Å². The van der Waals surface area contributed by atoms with Gasteiger partial charge in [-0.2, -0.15) is 4.39 Å². The molecule has 3 heterocycles. The van der Waals surface area contributed by atoms with Crippen molar-refractivity contribution in [1.82, 2.24) is 25.5 Å². The van der Waals surface area contributed by atoms with E-state index in [0.29, 0.717) is 31.1 Å². The third-order valence-corrected chi connectivity index (χ3v) is 4.81. The average molecular weight is 415 g/mol. The molecule has 0 aliphatic carbocycles. The van der Waals surface area contributed by atoms with Gasteiger partial charge in [-0.1, -0.05) is 6.07 Å². The first kappa shape index (κ1) is 21.4. The smallest absolute Gasteiger partial charge is 0.320 e. The maximum Gasteiger partial charge on any atom is 0.320 e. The Bertz CT molecular complexity index is 883. The van der Waals surface area contributed by atoms with Gasteiger partial charge in [0.1, 0.15) is 11.5 Å². The standard InChI is InChI=1S/C20H26FN7O2/c1-3-23-20(30)26-17-7-4-14(12-24-17)13-27-8-10-28(11-9-27)16-6-5-15(19(29)22-2)25-18(16)21/h4-7,12H,3,8-11,13H2,1-2H3,(H,22,29)(H2,23,24,26,30). The van der Waals surface area contributed by atoms with Gasteiger partial charge in [-0.05, 0) is 30.7 Å². The third-order valence-electron chi connectivity index (χ3n) is 4.81. The van der Waals surface area contributed by atoms with Crippen molar-refractivity contribution in [2.45, 2.75) is 13.5 Å². The molecule has 1 aliphatic heterocycles. The van der Waals surface area contributed by atoms with Crippen LogP contribution in [0.2, 0.25) is 0 Å². The van der Waals surface area contributed by atoms with E-state index in [1.807, 2.05) is 17.9 Å². The van der Waals surface area contributed by atoms with Crippen LogP contribution >= 0.6 is 0 Å². The molecular weight excluding hydrogens is 389 g/mol. The summed E-state index contributed by atoms with van der Waals surface area (Å²) in [5.41, 5.74) is 1.51. The van der Waals surface area contributed by atoms with Crippen molar-refractivity contribution in [3.8, 4) is 0 Å². The Balaban J connectivity index is 1.52. The Hall–Kier alpha value is -3.27. The summed E-state index contributed by atoms with van der Waals surface area (Å²) in [5, 5.41) is 7.76. The summed E-state index contributed by atoms with van der Waals surface area (Å²) in [6, 6.07) is 6.56. The minimum Gasteiger partial charge on any atom is -0.365 e. The van der Waals surface area contributed by atoms with Gasteiger partial charge in [0.25, 0.3) is 5.91 Å². The number of urea groups is 1. The van der Waals surface area contributed by atoms with E-state index in [2.05, 4.69) is 30.8 Å². The first-order chi connectivity index (χ1) is 14.5. The molecule has 30 heavy (non-hydrogen) atoms. The highest BCUT2D eigenvalue weighted by Crippen LogP contribution is 2.20. The molecule has 160 valence electrons. The van der Waals surface area contributed by atoms with E-state index >= 15 is 0 Å². The van der Waals surface area contributed by atoms with E-state index in [1.165, 1.54) is 13.1 Å². The molecule has 0 atom stereocenters. The zero-order chi connectivity index (χ0) is 21.5. The molecule has 0 bridgehead atoms. The molecular formula is C20H26FN7O2. The number of aromatic nitrogens is 2. The molecule has 0 saturated carbocycles. The van der Waals surface area contributed by atoms with Crippen LogP contribution in [-0.2, 0) is 6.54 Å². The molecule has 1 fully saturated rings. The normalized spacial score (nSPS) is 14.3. The second kappa shape index (κ2) is 9.97. The fourth-order valence-corrected chi connectivity index (χ4v) is 3.24. The van der Waals surface area contributed by atoms with Gasteiger partial charge in [-0.15, -0.1) is 0 Å². The van der Waals surface area contributed by atoms with Gasteiger partial charge in [0.2, 0.25) is 5.95 Å². The van der Waals surface area contributed by atoms with Crippen molar-refractivity contribution in [2.75, 3.05) is 50.0 Å². The van der Waals surface area contributed by atoms with Crippen LogP contribution in [0.5, 0.6) is 0 Å². The van der Waals surface area contributed by atoms with Crippen LogP contribution < -0.4 is 20.9 Å². The van der Waals surface area contributed by atoms with Gasteiger partial charge in [-0.3, -0.25) is 15.0 Å². The number of anilines is 2. The molecule has 2 aromatic rings. The number of halogens is 1. The number of carbonyl (C=O) groups is 2. The zero-order valence-corrected chi connectivity index (χ0v) is 17.1. The Kier molecular flexibility index (Phi) is 7.12. The molecule has 2 aromatic heterocycles. The van der Waals surface area contributed by atoms with Crippen LogP contribution in [0.15, 0.2) is 30.5 Å². The van der Waals surface area contributed by atoms with Gasteiger partial charge >= 0.3 is 6.03 Å². The number of hydrogen-bond acceptors (Lipinski definition) is 6. The fraction of sp³-hybridized carbons (Fsp3) is 0.400. The lowest BCUT2D eigenvalue weighted by atomic mass is 10.2. The van der Waals surface area contributed by atoms with Gasteiger partial charge in [0.05, 0.1) is 5.69 Å². The summed E-state index contributed by atoms with van der Waals surface area (Å²) in [5.74, 6) is -0.548. The maximum absolute atomic E-state index is 14.4. The highest BCUT2D eigenvalue weighted by Gasteiger charge is 2.21. The third kappa shape index (κ3) is 5.41. The molecule has 1 aliphatic rings. The van der Waals surface area contributed by atoms with Crippen LogP contribution in [0, 0.1) is 5.95 Å². The molecule has 1 saturated heterocycles. The van der Waals surface area contributed by atoms with E-state index in [9.17, 15) is 14.0 Å². The fourth-order valence-electron chi connectivity index (χ4n) is 3.24. The summed E-state index contributed by atoms with van der Waals surface area (Å²) in [7, 11) is 1.48. The predicted octanol–water partition coefficient (Wildman–Crippen LogP) is 1.44. The second-order valence-corrected chi connectivity index (χ2v) is 6.88. The predicted molar refractivity (Wildman–Crippen MR) is 112 cm³/mol. The van der Waals surface area contributed by atoms with E-state index in [1.54, 1.807) is 18.3 Å². The van der Waals surface area contributed by atoms with Crippen LogP contribution in [0.1, 0.15) is 23.0 Å². The number of rotatable bonds is 6. The Morgan fingerprint density at radius 3 is 2.50 bits per heavy atom. The minimum atomic E-state index is -0.635. The van der Waals surface area contributed by atoms with Crippen molar-refractivity contribution in [1.29, 1.82) is 0 Å². The van der Waals surface area contributed by atoms with Crippen LogP contribution in [-0.4, -0.2) is 66.6 Å². The van der Waals surface area contributed by atoms with Crippen molar-refractivity contribution >= 4 is 23.4 Å². The number of carbonyl (C=O) groups excluding carboxylic acids is 2. The maximum atomic E-state index is 14.4. The number of amides is 3. The highest BCUT2D eigenvalue weighted by molar-refractivity contribution is 5.92. The summed E-state index contributed by atoms with van der Waals surface area (Å²) in [6.45, 7) is 5.95. The van der Waals surface area contributed by atoms with Gasteiger partial charge in [0.15, 0.2) is 0 Å². The molecule has 0 spiro atoms. The summed E-state index contributed by atoms with van der Waals surface area (Å²) >= 11 is 0. The van der Waals surface area contributed by atoms with Crippen LogP contribution in [0.4, 0.5) is 20.7 Å². The first-order valence-electron chi connectivity index (χ1n) is 9.86. The van der Waals surface area contributed by atoms with Crippen molar-refractivity contribution in [3.05, 3.63) is 47.7 Å². The van der Waals surface area contributed by atoms with Crippen molar-refractivity contribution in [2.24, 2.45) is 0 Å². The lowest BCUT2D eigenvalue weighted by Gasteiger charge is -2.36. The van der Waals surface area contributed by atoms with E-state index in [-0.39, 0.29) is 11.7 Å². The quantitative estimate of drug-likeness (QED) is 0.617. The van der Waals surface area contributed by atoms with Crippen molar-refractivity contribution < 1.29 is 14.0 Å². The van der Waals surface area contributed by atoms with Crippen molar-refractivity contribution in [3.63, 3.8) is 0 Å². The summed E-state index contributed by atoms with van der Waals surface area (Å²) < 4.78 is 14.4. The lowest BCUT2D eigenvalue weighted by Crippen LogP contribution is -2.46. The molecule has 3 amide bonds. The molecule has 3 N–H and O–H groups in total. The molecule has 0 radical (unpaired) electrons. The van der Waals surface area contributed by atoms with Crippen LogP contribution in [0.25, 0.3) is 0 Å². The number of piperazine rings is 1. The molecule has 0 unspecified atom stereocenters. The molecule has 3 rings (SSSR count). The molecule has 9 nitrogen and oxygen atoms in total. The number of nitrogens with zero attached hydrogens (tertiary/aromatic N) is 4. The molecule has 10 heteroatoms. The SMILES string of the molecule is CCNC(=O)Nc1ccc(CN2CCN(c3ccc(C(=O)NC)nc3F)CC2)cn1. The van der Waals surface area contributed by atoms with E-state index in [4.69, 9.17) is 0 Å². The Morgan fingerprint density at radius 2 is 1.90 bits per heavy atom. The Labute approximate surface area is 174 Å². The van der Waals surface area contributed by atoms with E-state index < -0.39 is 11.9 Å². The topological polar surface area (TPSA) is 102 Å². The monoisotopic (exact) mass is 415 g/mol. The highest BCUT2D eigenvalue weighted by atomic mass is 19.1. The second-order valence-electron chi connectivity index (χ2n) is 6.88. The summed E-state index contributed by atoms with van der Waals surface area (Å²) in [6.07, 6.45) is 1.75. The zero-order valence-electron chi connectivity index (χ0n) is 17.1. The van der Waals surface area contributed by atoms with Crippen LogP contribution in [0.3, 0.4) is 0 Å². The van der Waals surface area contributed by atoms with Gasteiger partial charge in [0, 0.05) is 52.5 Å². The first-order valence-corrected chi connectivity index (χ1v) is 9.86. The lowest BCUT2D eigenvalue weighted by molar-refractivity contribution is 0.0957. The average Bonchev–Trinajstić information content (AvgIpc) is 2.75. The molecule has 0 aromatic carbocycles. The summed E-state index contributed by atoms with van der Waals surface area (Å²) in [4.78, 5) is 35.3. The number of hydrogen-bond donors (Lipinski definition) is 3. The minimum absolute atomic E-state index is 0.0648. The van der Waals surface area contributed by atoms with Gasteiger partial charge < -0.3 is 15.5 Å².